The van der Waals surface area contributed by atoms with Gasteiger partial charge in [-0.3, -0.25) is 4.79 Å². The number of amides is 1. The van der Waals surface area contributed by atoms with E-state index in [9.17, 15) is 4.79 Å². The Morgan fingerprint density at radius 3 is 2.87 bits per heavy atom. The minimum Gasteiger partial charge on any atom is -0.496 e. The Hall–Kier alpha value is -1.11. The lowest BCUT2D eigenvalue weighted by Gasteiger charge is -2.02. The predicted octanol–water partition coefficient (Wildman–Crippen LogP) is 1.77. The third kappa shape index (κ3) is 3.86. The number of hydrogen-bond acceptors (Lipinski definition) is 3. The molecule has 0 spiro atoms. The second-order valence-corrected chi connectivity index (χ2v) is 3.98. The number of nitrogens with zero attached hydrogens (tertiary/aromatic N) is 1. The Morgan fingerprint density at radius 2 is 2.33 bits per heavy atom. The summed E-state index contributed by atoms with van der Waals surface area (Å²) in [5, 5.41) is 3.77. The Balaban J connectivity index is 2.75. The summed E-state index contributed by atoms with van der Waals surface area (Å²) < 4.78 is 6.12. The van der Waals surface area contributed by atoms with Crippen LogP contribution in [0.25, 0.3) is 0 Å². The molecule has 0 aliphatic heterocycles. The Bertz CT molecular complexity index is 391. The molecule has 0 aliphatic carbocycles. The van der Waals surface area contributed by atoms with Crippen molar-refractivity contribution in [2.24, 2.45) is 5.10 Å². The zero-order chi connectivity index (χ0) is 11.3. The van der Waals surface area contributed by atoms with Crippen molar-refractivity contribution in [2.45, 2.75) is 6.92 Å². The van der Waals surface area contributed by atoms with Gasteiger partial charge >= 0.3 is 0 Å². The molecule has 5 heteroatoms. The highest BCUT2D eigenvalue weighted by Crippen LogP contribution is 2.20. The van der Waals surface area contributed by atoms with E-state index in [1.165, 1.54) is 6.92 Å². The maximum Gasteiger partial charge on any atom is 0.236 e. The third-order valence-corrected chi connectivity index (χ3v) is 2.45. The molecule has 0 saturated heterocycles. The minimum absolute atomic E-state index is 0.186. The summed E-state index contributed by atoms with van der Waals surface area (Å²) in [6, 6.07) is 5.65. The highest BCUT2D eigenvalue weighted by Gasteiger charge is 1.99. The standard InChI is InChI=1S/C10H11IN2O2/c1-7(14)13-12-6-8-3-4-10(15-2)9(11)5-8/h3-6H,1-2H3,(H,13,14)/b12-6-. The molecule has 0 saturated carbocycles. The molecule has 0 radical (unpaired) electrons. The molecule has 0 heterocycles. The summed E-state index contributed by atoms with van der Waals surface area (Å²) in [5.74, 6) is 0.640. The average Bonchev–Trinajstić information content (AvgIpc) is 2.17. The number of nitrogens with one attached hydrogen (secondary N) is 1. The molecule has 1 aromatic rings. The van der Waals surface area contributed by atoms with Gasteiger partial charge in [-0.25, -0.2) is 5.43 Å². The van der Waals surface area contributed by atoms with Crippen LogP contribution in [-0.4, -0.2) is 19.2 Å². The van der Waals surface area contributed by atoms with Crippen molar-refractivity contribution in [3.05, 3.63) is 27.3 Å². The number of hydrazone groups is 1. The van der Waals surface area contributed by atoms with Gasteiger partial charge in [0.1, 0.15) is 5.75 Å². The second-order valence-electron chi connectivity index (χ2n) is 2.82. The maximum atomic E-state index is 10.6. The van der Waals surface area contributed by atoms with Crippen LogP contribution in [0.3, 0.4) is 0 Å². The largest absolute Gasteiger partial charge is 0.496 e. The number of ether oxygens (including phenoxy) is 1. The van der Waals surface area contributed by atoms with Crippen LogP contribution in [0.4, 0.5) is 0 Å². The highest BCUT2D eigenvalue weighted by atomic mass is 127. The van der Waals surface area contributed by atoms with Crippen molar-refractivity contribution >= 4 is 34.7 Å². The van der Waals surface area contributed by atoms with Crippen LogP contribution in [0.2, 0.25) is 0 Å². The van der Waals surface area contributed by atoms with E-state index >= 15 is 0 Å². The molecule has 80 valence electrons. The van der Waals surface area contributed by atoms with Crippen LogP contribution in [0, 0.1) is 3.57 Å². The lowest BCUT2D eigenvalue weighted by Crippen LogP contribution is -2.12. The first-order valence-electron chi connectivity index (χ1n) is 4.26. The fraction of sp³-hybridized carbons (Fsp3) is 0.200. The van der Waals surface area contributed by atoms with Crippen molar-refractivity contribution in [1.82, 2.24) is 5.43 Å². The maximum absolute atomic E-state index is 10.6. The van der Waals surface area contributed by atoms with Gasteiger partial charge in [-0.05, 0) is 46.4 Å². The molecule has 15 heavy (non-hydrogen) atoms. The molecule has 0 bridgehead atoms. The van der Waals surface area contributed by atoms with E-state index in [1.54, 1.807) is 13.3 Å². The van der Waals surface area contributed by atoms with Gasteiger partial charge in [-0.2, -0.15) is 5.10 Å². The minimum atomic E-state index is -0.186. The smallest absolute Gasteiger partial charge is 0.236 e. The van der Waals surface area contributed by atoms with Crippen LogP contribution in [0.5, 0.6) is 5.75 Å². The number of methoxy groups -OCH3 is 1. The molecule has 4 nitrogen and oxygen atoms in total. The number of hydrogen-bond donors (Lipinski definition) is 1. The molecule has 0 unspecified atom stereocenters. The van der Waals surface area contributed by atoms with E-state index in [0.717, 1.165) is 14.9 Å². The van der Waals surface area contributed by atoms with Gasteiger partial charge < -0.3 is 4.74 Å². The van der Waals surface area contributed by atoms with Gasteiger partial charge in [0.2, 0.25) is 5.91 Å². The molecular formula is C10H11IN2O2. The Kier molecular flexibility index (Phi) is 4.54. The Morgan fingerprint density at radius 1 is 1.60 bits per heavy atom. The van der Waals surface area contributed by atoms with Crippen molar-refractivity contribution < 1.29 is 9.53 Å². The van der Waals surface area contributed by atoms with Gasteiger partial charge in [0.25, 0.3) is 0 Å². The lowest BCUT2D eigenvalue weighted by atomic mass is 10.2. The fourth-order valence-corrected chi connectivity index (χ4v) is 1.72. The summed E-state index contributed by atoms with van der Waals surface area (Å²) in [7, 11) is 1.63. The zero-order valence-electron chi connectivity index (χ0n) is 8.45. The molecular weight excluding hydrogens is 307 g/mol. The Labute approximate surface area is 102 Å². The van der Waals surface area contributed by atoms with Crippen LogP contribution >= 0.6 is 22.6 Å². The van der Waals surface area contributed by atoms with Crippen molar-refractivity contribution in [2.75, 3.05) is 7.11 Å². The monoisotopic (exact) mass is 318 g/mol. The first-order chi connectivity index (χ1) is 7.13. The molecule has 0 fully saturated rings. The first kappa shape index (κ1) is 12.0. The summed E-state index contributed by atoms with van der Waals surface area (Å²) >= 11 is 2.18. The zero-order valence-corrected chi connectivity index (χ0v) is 10.6. The van der Waals surface area contributed by atoms with Crippen LogP contribution in [0.1, 0.15) is 12.5 Å². The molecule has 1 N–H and O–H groups in total. The summed E-state index contributed by atoms with van der Waals surface area (Å²) in [4.78, 5) is 10.6. The predicted molar refractivity (Wildman–Crippen MR) is 67.1 cm³/mol. The normalized spacial score (nSPS) is 10.3. The summed E-state index contributed by atoms with van der Waals surface area (Å²) in [6.07, 6.45) is 1.59. The number of carbonyl (C=O) groups excluding carboxylic acids is 1. The van der Waals surface area contributed by atoms with Gasteiger partial charge in [0.15, 0.2) is 0 Å². The SMILES string of the molecule is COc1ccc(/C=N\NC(C)=O)cc1I. The quantitative estimate of drug-likeness (QED) is 0.525. The summed E-state index contributed by atoms with van der Waals surface area (Å²) in [6.45, 7) is 1.41. The molecule has 1 amide bonds. The van der Waals surface area contributed by atoms with Crippen LogP contribution in [0.15, 0.2) is 23.3 Å². The third-order valence-electron chi connectivity index (χ3n) is 1.61. The molecule has 0 aliphatic rings. The number of benzene rings is 1. The van der Waals surface area contributed by atoms with Crippen molar-refractivity contribution in [3.8, 4) is 5.75 Å². The highest BCUT2D eigenvalue weighted by molar-refractivity contribution is 14.1. The number of carbonyl (C=O) groups is 1. The second kappa shape index (κ2) is 5.69. The molecule has 0 atom stereocenters. The molecule has 1 rings (SSSR count). The van der Waals surface area contributed by atoms with Gasteiger partial charge in [0.05, 0.1) is 16.9 Å². The van der Waals surface area contributed by atoms with E-state index < -0.39 is 0 Å². The average molecular weight is 318 g/mol. The van der Waals surface area contributed by atoms with E-state index in [1.807, 2.05) is 18.2 Å². The number of halogens is 1. The lowest BCUT2D eigenvalue weighted by molar-refractivity contribution is -0.118. The van der Waals surface area contributed by atoms with Gasteiger partial charge in [-0.15, -0.1) is 0 Å². The molecule has 0 aromatic heterocycles. The van der Waals surface area contributed by atoms with Gasteiger partial charge in [0, 0.05) is 6.92 Å². The summed E-state index contributed by atoms with van der Waals surface area (Å²) in [5.41, 5.74) is 3.25. The number of rotatable bonds is 3. The van der Waals surface area contributed by atoms with Gasteiger partial charge in [-0.1, -0.05) is 0 Å². The molecule has 1 aromatic carbocycles. The van der Waals surface area contributed by atoms with Crippen molar-refractivity contribution in [3.63, 3.8) is 0 Å². The topological polar surface area (TPSA) is 50.7 Å². The van der Waals surface area contributed by atoms with E-state index in [0.29, 0.717) is 0 Å². The van der Waals surface area contributed by atoms with E-state index in [-0.39, 0.29) is 5.91 Å². The van der Waals surface area contributed by atoms with Crippen LogP contribution < -0.4 is 10.2 Å². The van der Waals surface area contributed by atoms with Crippen LogP contribution in [-0.2, 0) is 4.79 Å². The van der Waals surface area contributed by atoms with E-state index in [4.69, 9.17) is 4.74 Å². The van der Waals surface area contributed by atoms with E-state index in [2.05, 4.69) is 33.1 Å². The fourth-order valence-electron chi connectivity index (χ4n) is 0.961. The van der Waals surface area contributed by atoms with Crippen molar-refractivity contribution in [1.29, 1.82) is 0 Å². The first-order valence-corrected chi connectivity index (χ1v) is 5.34.